The van der Waals surface area contributed by atoms with Crippen molar-refractivity contribution in [3.63, 3.8) is 0 Å². The molecule has 2 aromatic heterocycles. The van der Waals surface area contributed by atoms with E-state index in [-0.39, 0.29) is 0 Å². The first kappa shape index (κ1) is 12.8. The molecule has 0 unspecified atom stereocenters. The molecule has 1 N–H and O–H groups in total. The summed E-state index contributed by atoms with van der Waals surface area (Å²) in [5, 5.41) is 11.3. The smallest absolute Gasteiger partial charge is 0.0959 e. The van der Waals surface area contributed by atoms with E-state index >= 15 is 0 Å². The summed E-state index contributed by atoms with van der Waals surface area (Å²) in [5.41, 5.74) is 2.40. The van der Waals surface area contributed by atoms with E-state index in [1.54, 1.807) is 11.3 Å². The molecule has 102 valence electrons. The Kier molecular flexibility index (Phi) is 3.66. The van der Waals surface area contributed by atoms with E-state index < -0.39 is 0 Å². The van der Waals surface area contributed by atoms with Crippen molar-refractivity contribution in [2.24, 2.45) is 0 Å². The van der Waals surface area contributed by atoms with E-state index in [0.717, 1.165) is 19.0 Å². The van der Waals surface area contributed by atoms with Crippen LogP contribution in [0, 0.1) is 0 Å². The minimum Gasteiger partial charge on any atom is -0.307 e. The van der Waals surface area contributed by atoms with Crippen LogP contribution < -0.4 is 5.32 Å². The third kappa shape index (κ3) is 3.22. The lowest BCUT2D eigenvalue weighted by Crippen LogP contribution is -2.12. The second-order valence-electron chi connectivity index (χ2n) is 5.48. The maximum Gasteiger partial charge on any atom is 0.0959 e. The largest absolute Gasteiger partial charge is 0.307 e. The van der Waals surface area contributed by atoms with Crippen molar-refractivity contribution in [3.05, 3.63) is 34.0 Å². The minimum atomic E-state index is 0.424. The Balaban J connectivity index is 1.48. The molecule has 0 saturated heterocycles. The summed E-state index contributed by atoms with van der Waals surface area (Å²) >= 11 is 1.81. The molecule has 0 aromatic carbocycles. The Morgan fingerprint density at radius 3 is 2.95 bits per heavy atom. The lowest BCUT2D eigenvalue weighted by molar-refractivity contribution is 0.531. The highest BCUT2D eigenvalue weighted by atomic mass is 32.1. The maximum atomic E-state index is 4.67. The highest BCUT2D eigenvalue weighted by Gasteiger charge is 2.26. The third-order valence-corrected chi connectivity index (χ3v) is 4.37. The van der Waals surface area contributed by atoms with Crippen molar-refractivity contribution >= 4 is 11.3 Å². The molecule has 1 aliphatic carbocycles. The third-order valence-electron chi connectivity index (χ3n) is 3.32. The van der Waals surface area contributed by atoms with Gasteiger partial charge < -0.3 is 5.32 Å². The summed E-state index contributed by atoms with van der Waals surface area (Å²) < 4.78 is 1.99. The molecule has 4 nitrogen and oxygen atoms in total. The van der Waals surface area contributed by atoms with Crippen LogP contribution >= 0.6 is 11.3 Å². The van der Waals surface area contributed by atoms with E-state index in [4.69, 9.17) is 0 Å². The first-order valence-corrected chi connectivity index (χ1v) is 7.78. The van der Waals surface area contributed by atoms with Gasteiger partial charge in [0.15, 0.2) is 0 Å². The Morgan fingerprint density at radius 2 is 2.26 bits per heavy atom. The van der Waals surface area contributed by atoms with Crippen LogP contribution in [0.25, 0.3) is 0 Å². The fraction of sp³-hybridized carbons (Fsp3) is 0.571. The predicted octanol–water partition coefficient (Wildman–Crippen LogP) is 3.09. The summed E-state index contributed by atoms with van der Waals surface area (Å²) in [6, 6.07) is 0.424. The zero-order chi connectivity index (χ0) is 13.2. The lowest BCUT2D eigenvalue weighted by Gasteiger charge is -2.03. The van der Waals surface area contributed by atoms with E-state index in [0.29, 0.717) is 6.04 Å². The molecule has 0 amide bonds. The number of hydrogen-bond acceptors (Lipinski definition) is 4. The van der Waals surface area contributed by atoms with Crippen LogP contribution in [0.15, 0.2) is 17.8 Å². The first-order chi connectivity index (χ1) is 9.22. The summed E-state index contributed by atoms with van der Waals surface area (Å²) in [4.78, 5) is 4.67. The SMILES string of the molecule is CC(C)n1cc(CNCc2csc(C3CC3)n2)cn1. The molecule has 0 bridgehead atoms. The average molecular weight is 276 g/mol. The van der Waals surface area contributed by atoms with Gasteiger partial charge in [-0.1, -0.05) is 0 Å². The van der Waals surface area contributed by atoms with Gasteiger partial charge in [-0.15, -0.1) is 11.3 Å². The second kappa shape index (κ2) is 5.43. The van der Waals surface area contributed by atoms with Gasteiger partial charge >= 0.3 is 0 Å². The number of aromatic nitrogens is 3. The fourth-order valence-corrected chi connectivity index (χ4v) is 3.00. The molecule has 0 atom stereocenters. The van der Waals surface area contributed by atoms with Crippen LogP contribution in [0.1, 0.15) is 54.9 Å². The Hall–Kier alpha value is -1.20. The molecule has 1 fully saturated rings. The summed E-state index contributed by atoms with van der Waals surface area (Å²) in [6.07, 6.45) is 6.70. The van der Waals surface area contributed by atoms with Crippen molar-refractivity contribution < 1.29 is 0 Å². The van der Waals surface area contributed by atoms with Crippen molar-refractivity contribution in [3.8, 4) is 0 Å². The molecule has 1 saturated carbocycles. The van der Waals surface area contributed by atoms with Gasteiger partial charge in [-0.2, -0.15) is 5.10 Å². The Bertz CT molecular complexity index is 499. The second-order valence-corrected chi connectivity index (χ2v) is 6.37. The molecular weight excluding hydrogens is 256 g/mol. The van der Waals surface area contributed by atoms with Crippen molar-refractivity contribution in [1.29, 1.82) is 0 Å². The van der Waals surface area contributed by atoms with Crippen LogP contribution in [0.5, 0.6) is 0 Å². The van der Waals surface area contributed by atoms with Gasteiger partial charge in [-0.05, 0) is 26.7 Å². The van der Waals surface area contributed by atoms with E-state index in [9.17, 15) is 0 Å². The number of thiazole rings is 1. The first-order valence-electron chi connectivity index (χ1n) is 6.90. The van der Waals surface area contributed by atoms with Crippen LogP contribution in [-0.4, -0.2) is 14.8 Å². The van der Waals surface area contributed by atoms with E-state index in [1.807, 2.05) is 10.9 Å². The Morgan fingerprint density at radius 1 is 1.42 bits per heavy atom. The van der Waals surface area contributed by atoms with Gasteiger partial charge in [0, 0.05) is 42.2 Å². The normalized spacial score (nSPS) is 15.3. The van der Waals surface area contributed by atoms with Crippen molar-refractivity contribution in [2.75, 3.05) is 0 Å². The lowest BCUT2D eigenvalue weighted by atomic mass is 10.3. The maximum absolute atomic E-state index is 4.67. The van der Waals surface area contributed by atoms with Crippen molar-refractivity contribution in [2.45, 2.75) is 51.7 Å². The van der Waals surface area contributed by atoms with Gasteiger partial charge in [0.05, 0.1) is 16.9 Å². The van der Waals surface area contributed by atoms with E-state index in [1.165, 1.54) is 29.1 Å². The van der Waals surface area contributed by atoms with E-state index in [2.05, 4.69) is 40.8 Å². The monoisotopic (exact) mass is 276 g/mol. The zero-order valence-corrected chi connectivity index (χ0v) is 12.3. The van der Waals surface area contributed by atoms with Crippen molar-refractivity contribution in [1.82, 2.24) is 20.1 Å². The quantitative estimate of drug-likeness (QED) is 0.881. The van der Waals surface area contributed by atoms with Gasteiger partial charge in [0.1, 0.15) is 0 Å². The molecule has 1 aliphatic rings. The highest BCUT2D eigenvalue weighted by Crippen LogP contribution is 2.41. The van der Waals surface area contributed by atoms with Gasteiger partial charge in [-0.3, -0.25) is 4.68 Å². The van der Waals surface area contributed by atoms with Gasteiger partial charge in [0.25, 0.3) is 0 Å². The summed E-state index contributed by atoms with van der Waals surface area (Å²) in [7, 11) is 0. The van der Waals surface area contributed by atoms with Gasteiger partial charge in [-0.25, -0.2) is 4.98 Å². The summed E-state index contributed by atoms with van der Waals surface area (Å²) in [5.74, 6) is 0.767. The fourth-order valence-electron chi connectivity index (χ4n) is 2.01. The standard InChI is InChI=1S/C14H20N4S/c1-10(2)18-8-11(6-16-18)5-15-7-13-9-19-14(17-13)12-3-4-12/h6,8-10,12,15H,3-5,7H2,1-2H3. The predicted molar refractivity (Wildman–Crippen MR) is 77.2 cm³/mol. The summed E-state index contributed by atoms with van der Waals surface area (Å²) in [6.45, 7) is 5.97. The number of hydrogen-bond donors (Lipinski definition) is 1. The van der Waals surface area contributed by atoms with Crippen LogP contribution in [-0.2, 0) is 13.1 Å². The molecule has 3 rings (SSSR count). The number of nitrogens with one attached hydrogen (secondary N) is 1. The highest BCUT2D eigenvalue weighted by molar-refractivity contribution is 7.09. The molecule has 19 heavy (non-hydrogen) atoms. The number of rotatable bonds is 6. The molecule has 0 aliphatic heterocycles. The minimum absolute atomic E-state index is 0.424. The zero-order valence-electron chi connectivity index (χ0n) is 11.5. The average Bonchev–Trinajstić information content (AvgIpc) is 2.94. The van der Waals surface area contributed by atoms with Crippen LogP contribution in [0.3, 0.4) is 0 Å². The van der Waals surface area contributed by atoms with Crippen LogP contribution in [0.2, 0.25) is 0 Å². The molecule has 0 spiro atoms. The molecular formula is C14H20N4S. The topological polar surface area (TPSA) is 42.7 Å². The molecule has 2 heterocycles. The van der Waals surface area contributed by atoms with Gasteiger partial charge in [0.2, 0.25) is 0 Å². The van der Waals surface area contributed by atoms with Crippen LogP contribution in [0.4, 0.5) is 0 Å². The Labute approximate surface area is 117 Å². The molecule has 5 heteroatoms. The molecule has 0 radical (unpaired) electrons. The molecule has 2 aromatic rings. The number of nitrogens with zero attached hydrogens (tertiary/aromatic N) is 3.